The minimum Gasteiger partial charge on any atom is -0.0704 e. The number of hydrogen-bond acceptors (Lipinski definition) is 0. The smallest absolute Gasteiger partial charge is 0.0296 e. The van der Waals surface area contributed by atoms with E-state index in [0.717, 1.165) is 0 Å². The lowest BCUT2D eigenvalue weighted by Crippen LogP contribution is -2.14. The minimum atomic E-state index is 0.0203. The highest BCUT2D eigenvalue weighted by Gasteiger charge is 2.25. The van der Waals surface area contributed by atoms with Gasteiger partial charge in [0.2, 0.25) is 0 Å². The first-order chi connectivity index (χ1) is 8.80. The second-order valence-electron chi connectivity index (χ2n) is 4.91. The molecule has 2 aromatic rings. The third-order valence-corrected chi connectivity index (χ3v) is 3.59. The lowest BCUT2D eigenvalue weighted by atomic mass is 9.80. The lowest BCUT2D eigenvalue weighted by Gasteiger charge is -2.23. The summed E-state index contributed by atoms with van der Waals surface area (Å²) in [5, 5.41) is 0. The Kier molecular flexibility index (Phi) is 2.64. The van der Waals surface area contributed by atoms with Crippen LogP contribution < -0.4 is 0 Å². The molecule has 1 aliphatic carbocycles. The van der Waals surface area contributed by atoms with E-state index in [2.05, 4.69) is 85.8 Å². The first-order valence-corrected chi connectivity index (χ1v) is 6.32. The Bertz CT molecular complexity index is 591. The normalized spacial score (nSPS) is 16.1. The monoisotopic (exact) mass is 232 g/mol. The van der Waals surface area contributed by atoms with Crippen molar-refractivity contribution in [3.8, 4) is 11.1 Å². The zero-order valence-electron chi connectivity index (χ0n) is 10.5. The molecule has 0 amide bonds. The van der Waals surface area contributed by atoms with Gasteiger partial charge in [0.1, 0.15) is 0 Å². The van der Waals surface area contributed by atoms with Gasteiger partial charge >= 0.3 is 0 Å². The van der Waals surface area contributed by atoms with Crippen molar-refractivity contribution < 1.29 is 0 Å². The van der Waals surface area contributed by atoms with Crippen LogP contribution in [0.5, 0.6) is 0 Å². The summed E-state index contributed by atoms with van der Waals surface area (Å²) < 4.78 is 0. The zero-order valence-corrected chi connectivity index (χ0v) is 10.5. The van der Waals surface area contributed by atoms with E-state index in [0.29, 0.717) is 0 Å². The molecule has 0 radical (unpaired) electrons. The third-order valence-electron chi connectivity index (χ3n) is 3.59. The summed E-state index contributed by atoms with van der Waals surface area (Å²) in [5.41, 5.74) is 3.98. The van der Waals surface area contributed by atoms with Crippen LogP contribution in [0.3, 0.4) is 0 Å². The van der Waals surface area contributed by atoms with Crippen LogP contribution in [-0.4, -0.2) is 0 Å². The Morgan fingerprint density at radius 2 is 1.33 bits per heavy atom. The summed E-state index contributed by atoms with van der Waals surface area (Å²) in [6.07, 6.45) is 8.77. The highest BCUT2D eigenvalue weighted by Crippen LogP contribution is 2.37. The van der Waals surface area contributed by atoms with Crippen LogP contribution in [0.15, 0.2) is 78.9 Å². The SMILES string of the molecule is CC1(c2ccccc2-c2ccccc2)C=CC=C1. The molecule has 88 valence electrons. The van der Waals surface area contributed by atoms with E-state index in [1.54, 1.807) is 0 Å². The number of allylic oxidation sites excluding steroid dienone is 4. The summed E-state index contributed by atoms with van der Waals surface area (Å²) in [5.74, 6) is 0. The maximum atomic E-state index is 2.26. The van der Waals surface area contributed by atoms with Gasteiger partial charge in [0.15, 0.2) is 0 Å². The fourth-order valence-electron chi connectivity index (χ4n) is 2.57. The van der Waals surface area contributed by atoms with Gasteiger partial charge in [-0.1, -0.05) is 78.9 Å². The molecule has 0 atom stereocenters. The summed E-state index contributed by atoms with van der Waals surface area (Å²) >= 11 is 0. The molecule has 1 aliphatic rings. The first kappa shape index (κ1) is 11.0. The highest BCUT2D eigenvalue weighted by atomic mass is 14.3. The molecular weight excluding hydrogens is 216 g/mol. The van der Waals surface area contributed by atoms with Crippen molar-refractivity contribution in [2.24, 2.45) is 0 Å². The van der Waals surface area contributed by atoms with Crippen LogP contribution >= 0.6 is 0 Å². The van der Waals surface area contributed by atoms with Crippen LogP contribution in [0.2, 0.25) is 0 Å². The molecule has 0 nitrogen and oxygen atoms in total. The lowest BCUT2D eigenvalue weighted by molar-refractivity contribution is 0.772. The molecule has 0 aromatic heterocycles. The fourth-order valence-corrected chi connectivity index (χ4v) is 2.57. The predicted octanol–water partition coefficient (Wildman–Crippen LogP) is 4.74. The van der Waals surface area contributed by atoms with E-state index in [1.165, 1.54) is 16.7 Å². The molecule has 18 heavy (non-hydrogen) atoms. The van der Waals surface area contributed by atoms with E-state index in [1.807, 2.05) is 0 Å². The topological polar surface area (TPSA) is 0 Å². The Labute approximate surface area is 108 Å². The average Bonchev–Trinajstić information content (AvgIpc) is 2.88. The molecule has 0 spiro atoms. The molecule has 0 aliphatic heterocycles. The molecule has 0 bridgehead atoms. The van der Waals surface area contributed by atoms with Gasteiger partial charge < -0.3 is 0 Å². The van der Waals surface area contributed by atoms with Gasteiger partial charge in [0.05, 0.1) is 0 Å². The molecule has 0 heterocycles. The van der Waals surface area contributed by atoms with Crippen molar-refractivity contribution in [2.45, 2.75) is 12.3 Å². The zero-order chi connectivity index (χ0) is 12.4. The third kappa shape index (κ3) is 1.80. The summed E-state index contributed by atoms with van der Waals surface area (Å²) in [6, 6.07) is 19.2. The maximum absolute atomic E-state index is 2.26. The molecule has 0 N–H and O–H groups in total. The first-order valence-electron chi connectivity index (χ1n) is 6.32. The van der Waals surface area contributed by atoms with E-state index in [-0.39, 0.29) is 5.41 Å². The maximum Gasteiger partial charge on any atom is 0.0296 e. The van der Waals surface area contributed by atoms with Crippen molar-refractivity contribution in [1.82, 2.24) is 0 Å². The molecule has 3 rings (SSSR count). The summed E-state index contributed by atoms with van der Waals surface area (Å²) in [6.45, 7) is 2.26. The van der Waals surface area contributed by atoms with Gasteiger partial charge in [-0.15, -0.1) is 0 Å². The Hall–Kier alpha value is -2.08. The molecule has 0 fully saturated rings. The van der Waals surface area contributed by atoms with Crippen molar-refractivity contribution in [2.75, 3.05) is 0 Å². The largest absolute Gasteiger partial charge is 0.0704 e. The van der Waals surface area contributed by atoms with E-state index < -0.39 is 0 Å². The van der Waals surface area contributed by atoms with E-state index in [9.17, 15) is 0 Å². The van der Waals surface area contributed by atoms with Gasteiger partial charge in [-0.05, 0) is 23.6 Å². The van der Waals surface area contributed by atoms with Crippen molar-refractivity contribution in [1.29, 1.82) is 0 Å². The molecular formula is C18H16. The van der Waals surface area contributed by atoms with Crippen molar-refractivity contribution in [3.05, 3.63) is 84.5 Å². The number of rotatable bonds is 2. The fraction of sp³-hybridized carbons (Fsp3) is 0.111. The van der Waals surface area contributed by atoms with Gasteiger partial charge in [-0.3, -0.25) is 0 Å². The second-order valence-corrected chi connectivity index (χ2v) is 4.91. The van der Waals surface area contributed by atoms with Crippen LogP contribution in [-0.2, 0) is 5.41 Å². The van der Waals surface area contributed by atoms with Crippen molar-refractivity contribution in [3.63, 3.8) is 0 Å². The number of hydrogen-bond donors (Lipinski definition) is 0. The predicted molar refractivity (Wildman–Crippen MR) is 77.5 cm³/mol. The molecule has 0 heteroatoms. The van der Waals surface area contributed by atoms with Crippen LogP contribution in [0, 0.1) is 0 Å². The van der Waals surface area contributed by atoms with Crippen LogP contribution in [0.1, 0.15) is 12.5 Å². The summed E-state index contributed by atoms with van der Waals surface area (Å²) in [4.78, 5) is 0. The minimum absolute atomic E-state index is 0.0203. The average molecular weight is 232 g/mol. The van der Waals surface area contributed by atoms with Gasteiger partial charge in [0.25, 0.3) is 0 Å². The van der Waals surface area contributed by atoms with E-state index in [4.69, 9.17) is 0 Å². The molecule has 2 aromatic carbocycles. The second kappa shape index (κ2) is 4.30. The van der Waals surface area contributed by atoms with Gasteiger partial charge in [0, 0.05) is 5.41 Å². The molecule has 0 saturated heterocycles. The Balaban J connectivity index is 2.18. The highest BCUT2D eigenvalue weighted by molar-refractivity contribution is 5.70. The van der Waals surface area contributed by atoms with E-state index >= 15 is 0 Å². The van der Waals surface area contributed by atoms with Crippen LogP contribution in [0.4, 0.5) is 0 Å². The Morgan fingerprint density at radius 1 is 0.722 bits per heavy atom. The quantitative estimate of drug-likeness (QED) is 0.701. The Morgan fingerprint density at radius 3 is 2.06 bits per heavy atom. The van der Waals surface area contributed by atoms with Crippen LogP contribution in [0.25, 0.3) is 11.1 Å². The van der Waals surface area contributed by atoms with Gasteiger partial charge in [-0.2, -0.15) is 0 Å². The van der Waals surface area contributed by atoms with Gasteiger partial charge in [-0.25, -0.2) is 0 Å². The molecule has 0 saturated carbocycles. The summed E-state index contributed by atoms with van der Waals surface area (Å²) in [7, 11) is 0. The number of benzene rings is 2. The molecule has 0 unspecified atom stereocenters. The standard InChI is InChI=1S/C18H16/c1-18(13-7-8-14-18)17-12-6-5-11-16(17)15-9-3-2-4-10-15/h2-14H,1H3. The van der Waals surface area contributed by atoms with Crippen molar-refractivity contribution >= 4 is 0 Å².